The van der Waals surface area contributed by atoms with E-state index in [0.717, 1.165) is 22.8 Å². The number of anilines is 1. The van der Waals surface area contributed by atoms with Crippen LogP contribution in [0.3, 0.4) is 0 Å². The van der Waals surface area contributed by atoms with Crippen LogP contribution in [0.1, 0.15) is 23.6 Å². The number of para-hydroxylation sites is 1. The molecule has 0 unspecified atom stereocenters. The maximum Gasteiger partial charge on any atom is 0.223 e. The quantitative estimate of drug-likeness (QED) is 0.779. The van der Waals surface area contributed by atoms with Gasteiger partial charge in [-0.25, -0.2) is 4.98 Å². The lowest BCUT2D eigenvalue weighted by Crippen LogP contribution is -2.26. The summed E-state index contributed by atoms with van der Waals surface area (Å²) >= 11 is 1.66. The second-order valence-corrected chi connectivity index (χ2v) is 7.55. The van der Waals surface area contributed by atoms with E-state index in [9.17, 15) is 4.79 Å². The third kappa shape index (κ3) is 2.98. The van der Waals surface area contributed by atoms with Gasteiger partial charge in [0.15, 0.2) is 5.13 Å². The maximum atomic E-state index is 12.2. The van der Waals surface area contributed by atoms with Crippen LogP contribution in [0, 0.1) is 12.8 Å². The maximum absolute atomic E-state index is 12.2. The highest BCUT2D eigenvalue weighted by Gasteiger charge is 2.38. The van der Waals surface area contributed by atoms with Gasteiger partial charge in [-0.2, -0.15) is 0 Å². The first-order chi connectivity index (χ1) is 12.1. The summed E-state index contributed by atoms with van der Waals surface area (Å²) in [5.41, 5.74) is 3.38. The summed E-state index contributed by atoms with van der Waals surface area (Å²) in [4.78, 5) is 22.9. The smallest absolute Gasteiger partial charge is 0.223 e. The minimum absolute atomic E-state index is 0.0825. The zero-order chi connectivity index (χ0) is 17.4. The van der Waals surface area contributed by atoms with Crippen LogP contribution in [0.15, 0.2) is 42.7 Å². The Bertz CT molecular complexity index is 908. The van der Waals surface area contributed by atoms with E-state index < -0.39 is 0 Å². The number of nitrogens with zero attached hydrogens (tertiary/aromatic N) is 3. The standard InChI is InChI=1S/C19H20N4OS/c1-12-4-3-5-15-17(12)22-19(25-15)21-11-14-10-16(24)23(2)18(14)13-6-8-20-9-7-13/h3-9,14,18H,10-11H2,1-2H3,(H,21,22)/t14-,18-/m1/s1. The summed E-state index contributed by atoms with van der Waals surface area (Å²) in [6.07, 6.45) is 4.12. The molecule has 0 bridgehead atoms. The van der Waals surface area contributed by atoms with Crippen molar-refractivity contribution >= 4 is 32.6 Å². The van der Waals surface area contributed by atoms with E-state index in [1.54, 1.807) is 23.7 Å². The number of aryl methyl sites for hydroxylation is 1. The molecular weight excluding hydrogens is 332 g/mol. The second kappa shape index (κ2) is 6.44. The molecule has 0 saturated carbocycles. The predicted molar refractivity (Wildman–Crippen MR) is 101 cm³/mol. The van der Waals surface area contributed by atoms with E-state index in [1.807, 2.05) is 24.1 Å². The lowest BCUT2D eigenvalue weighted by Gasteiger charge is -2.25. The zero-order valence-electron chi connectivity index (χ0n) is 14.3. The predicted octanol–water partition coefficient (Wildman–Crippen LogP) is 3.63. The molecule has 2 aromatic heterocycles. The van der Waals surface area contributed by atoms with E-state index >= 15 is 0 Å². The molecule has 0 radical (unpaired) electrons. The molecule has 128 valence electrons. The summed E-state index contributed by atoms with van der Waals surface area (Å²) in [5, 5.41) is 4.37. The van der Waals surface area contributed by atoms with Gasteiger partial charge in [-0.1, -0.05) is 23.5 Å². The van der Waals surface area contributed by atoms with Crippen molar-refractivity contribution in [2.24, 2.45) is 5.92 Å². The van der Waals surface area contributed by atoms with E-state index in [1.165, 1.54) is 10.3 Å². The average molecular weight is 352 g/mol. The molecule has 1 aliphatic rings. The van der Waals surface area contributed by atoms with Crippen LogP contribution in [0.25, 0.3) is 10.2 Å². The Labute approximate surface area is 150 Å². The number of likely N-dealkylation sites (tertiary alicyclic amines) is 1. The van der Waals surface area contributed by atoms with Crippen molar-refractivity contribution in [3.8, 4) is 0 Å². The molecule has 1 aromatic carbocycles. The number of thiazole rings is 1. The van der Waals surface area contributed by atoms with E-state index in [0.29, 0.717) is 6.42 Å². The number of carbonyl (C=O) groups is 1. The molecule has 4 rings (SSSR count). The first-order valence-corrected chi connectivity index (χ1v) is 9.21. The van der Waals surface area contributed by atoms with Gasteiger partial charge in [-0.15, -0.1) is 0 Å². The first kappa shape index (κ1) is 16.0. The van der Waals surface area contributed by atoms with Crippen LogP contribution in [0.2, 0.25) is 0 Å². The van der Waals surface area contributed by atoms with Crippen LogP contribution in [-0.2, 0) is 4.79 Å². The number of amides is 1. The van der Waals surface area contributed by atoms with Crippen molar-refractivity contribution in [2.75, 3.05) is 18.9 Å². The van der Waals surface area contributed by atoms with Crippen molar-refractivity contribution in [1.29, 1.82) is 0 Å². The summed E-state index contributed by atoms with van der Waals surface area (Å²) in [7, 11) is 1.88. The van der Waals surface area contributed by atoms with E-state index in [4.69, 9.17) is 4.98 Å². The molecule has 0 spiro atoms. The molecule has 5 nitrogen and oxygen atoms in total. The highest BCUT2D eigenvalue weighted by molar-refractivity contribution is 7.22. The Hall–Kier alpha value is -2.47. The summed E-state index contributed by atoms with van der Waals surface area (Å²) in [6, 6.07) is 10.3. The largest absolute Gasteiger partial charge is 0.361 e. The summed E-state index contributed by atoms with van der Waals surface area (Å²) < 4.78 is 1.19. The van der Waals surface area contributed by atoms with Gasteiger partial charge in [0, 0.05) is 38.3 Å². The zero-order valence-corrected chi connectivity index (χ0v) is 15.1. The summed E-state index contributed by atoms with van der Waals surface area (Å²) in [5.74, 6) is 0.404. The Morgan fingerprint density at radius 3 is 2.84 bits per heavy atom. The molecule has 6 heteroatoms. The lowest BCUT2D eigenvalue weighted by molar-refractivity contribution is -0.127. The third-order valence-electron chi connectivity index (χ3n) is 4.88. The molecule has 25 heavy (non-hydrogen) atoms. The van der Waals surface area contributed by atoms with Gasteiger partial charge >= 0.3 is 0 Å². The highest BCUT2D eigenvalue weighted by atomic mass is 32.1. The average Bonchev–Trinajstić information content (AvgIpc) is 3.16. The van der Waals surface area contributed by atoms with Crippen molar-refractivity contribution < 1.29 is 4.79 Å². The first-order valence-electron chi connectivity index (χ1n) is 8.39. The van der Waals surface area contributed by atoms with Crippen LogP contribution in [0.4, 0.5) is 5.13 Å². The number of carbonyl (C=O) groups excluding carboxylic acids is 1. The van der Waals surface area contributed by atoms with Crippen LogP contribution in [0.5, 0.6) is 0 Å². The normalized spacial score (nSPS) is 20.4. The molecular formula is C19H20N4OS. The SMILES string of the molecule is Cc1cccc2sc(NC[C@H]3CC(=O)N(C)[C@@H]3c3ccncc3)nc12. The molecule has 1 aliphatic heterocycles. The molecule has 2 atom stereocenters. The number of hydrogen-bond donors (Lipinski definition) is 1. The van der Waals surface area contributed by atoms with Gasteiger partial charge in [0.05, 0.1) is 16.3 Å². The van der Waals surface area contributed by atoms with E-state index in [2.05, 4.69) is 35.4 Å². The fraction of sp³-hybridized carbons (Fsp3) is 0.316. The van der Waals surface area contributed by atoms with Crippen molar-refractivity contribution in [2.45, 2.75) is 19.4 Å². The lowest BCUT2D eigenvalue weighted by atomic mass is 9.94. The topological polar surface area (TPSA) is 58.1 Å². The third-order valence-corrected chi connectivity index (χ3v) is 5.86. The second-order valence-electron chi connectivity index (χ2n) is 6.52. The number of hydrogen-bond acceptors (Lipinski definition) is 5. The van der Waals surface area contributed by atoms with Crippen LogP contribution < -0.4 is 5.32 Å². The fourth-order valence-electron chi connectivity index (χ4n) is 3.57. The Kier molecular flexibility index (Phi) is 4.13. The van der Waals surface area contributed by atoms with Crippen LogP contribution >= 0.6 is 11.3 Å². The number of pyridine rings is 1. The number of nitrogens with one attached hydrogen (secondary N) is 1. The summed E-state index contributed by atoms with van der Waals surface area (Å²) in [6.45, 7) is 2.80. The minimum atomic E-state index is 0.0825. The minimum Gasteiger partial charge on any atom is -0.361 e. The number of fused-ring (bicyclic) bond motifs is 1. The van der Waals surface area contributed by atoms with Crippen molar-refractivity contribution in [3.63, 3.8) is 0 Å². The van der Waals surface area contributed by atoms with Gasteiger partial charge in [0.1, 0.15) is 0 Å². The Morgan fingerprint density at radius 2 is 2.08 bits per heavy atom. The molecule has 3 aromatic rings. The number of benzene rings is 1. The van der Waals surface area contributed by atoms with Gasteiger partial charge in [0.25, 0.3) is 0 Å². The van der Waals surface area contributed by atoms with E-state index in [-0.39, 0.29) is 17.9 Å². The fourth-order valence-corrected chi connectivity index (χ4v) is 4.52. The number of aromatic nitrogens is 2. The van der Waals surface area contributed by atoms with Gasteiger partial charge < -0.3 is 10.2 Å². The molecule has 3 heterocycles. The molecule has 1 amide bonds. The molecule has 0 aliphatic carbocycles. The van der Waals surface area contributed by atoms with Gasteiger partial charge in [-0.3, -0.25) is 9.78 Å². The van der Waals surface area contributed by atoms with Crippen LogP contribution in [-0.4, -0.2) is 34.4 Å². The Balaban J connectivity index is 1.54. The van der Waals surface area contributed by atoms with Gasteiger partial charge in [-0.05, 0) is 36.2 Å². The molecule has 1 saturated heterocycles. The molecule has 1 fully saturated rings. The van der Waals surface area contributed by atoms with Gasteiger partial charge in [0.2, 0.25) is 5.91 Å². The monoisotopic (exact) mass is 352 g/mol. The number of rotatable bonds is 4. The van der Waals surface area contributed by atoms with Crippen molar-refractivity contribution in [1.82, 2.24) is 14.9 Å². The molecule has 1 N–H and O–H groups in total. The highest BCUT2D eigenvalue weighted by Crippen LogP contribution is 2.37. The Morgan fingerprint density at radius 1 is 1.28 bits per heavy atom. The van der Waals surface area contributed by atoms with Crippen molar-refractivity contribution in [3.05, 3.63) is 53.9 Å².